The predicted molar refractivity (Wildman–Crippen MR) is 86.8 cm³/mol. The summed E-state index contributed by atoms with van der Waals surface area (Å²) in [5, 5.41) is 0. The van der Waals surface area contributed by atoms with Crippen molar-refractivity contribution in [2.45, 2.75) is 19.3 Å². The fourth-order valence-electron chi connectivity index (χ4n) is 2.23. The lowest BCUT2D eigenvalue weighted by Crippen LogP contribution is -2.01. The maximum Gasteiger partial charge on any atom is 0.126 e. The van der Waals surface area contributed by atoms with Gasteiger partial charge >= 0.3 is 0 Å². The van der Waals surface area contributed by atoms with E-state index >= 15 is 0 Å². The van der Waals surface area contributed by atoms with Crippen LogP contribution < -0.4 is 15.2 Å². The van der Waals surface area contributed by atoms with E-state index in [0.717, 1.165) is 55.0 Å². The Bertz CT molecular complexity index is 540. The summed E-state index contributed by atoms with van der Waals surface area (Å²) in [6, 6.07) is 16.1. The molecule has 0 amide bonds. The lowest BCUT2D eigenvalue weighted by atomic mass is 10.0. The van der Waals surface area contributed by atoms with Gasteiger partial charge in [0.2, 0.25) is 0 Å². The van der Waals surface area contributed by atoms with Crippen LogP contribution >= 0.6 is 0 Å². The van der Waals surface area contributed by atoms with Crippen LogP contribution in [-0.2, 0) is 0 Å². The van der Waals surface area contributed by atoms with Gasteiger partial charge in [-0.2, -0.15) is 0 Å². The van der Waals surface area contributed by atoms with Crippen molar-refractivity contribution >= 4 is 0 Å². The van der Waals surface area contributed by atoms with Gasteiger partial charge in [-0.05, 0) is 49.6 Å². The molecule has 0 aliphatic heterocycles. The first-order valence-electron chi connectivity index (χ1n) is 7.41. The highest BCUT2D eigenvalue weighted by Gasteiger charge is 2.07. The molecule has 0 spiro atoms. The minimum absolute atomic E-state index is 0.723. The molecular weight excluding hydrogens is 262 g/mol. The van der Waals surface area contributed by atoms with E-state index in [9.17, 15) is 0 Å². The Morgan fingerprint density at radius 3 is 2.48 bits per heavy atom. The van der Waals surface area contributed by atoms with Gasteiger partial charge in [-0.25, -0.2) is 0 Å². The maximum absolute atomic E-state index is 5.82. The third-order valence-corrected chi connectivity index (χ3v) is 3.37. The first-order chi connectivity index (χ1) is 10.3. The molecule has 0 radical (unpaired) electrons. The normalized spacial score (nSPS) is 10.4. The van der Waals surface area contributed by atoms with Gasteiger partial charge in [0.1, 0.15) is 11.5 Å². The first-order valence-corrected chi connectivity index (χ1v) is 7.41. The van der Waals surface area contributed by atoms with Crippen molar-refractivity contribution < 1.29 is 9.47 Å². The van der Waals surface area contributed by atoms with Crippen LogP contribution in [0, 0.1) is 0 Å². The van der Waals surface area contributed by atoms with Gasteiger partial charge in [0, 0.05) is 5.56 Å². The molecule has 0 fully saturated rings. The number of benzene rings is 2. The van der Waals surface area contributed by atoms with Crippen LogP contribution in [0.3, 0.4) is 0 Å². The van der Waals surface area contributed by atoms with E-state index in [4.69, 9.17) is 15.2 Å². The van der Waals surface area contributed by atoms with E-state index in [1.807, 2.05) is 36.4 Å². The number of nitrogens with two attached hydrogens (primary N) is 1. The maximum atomic E-state index is 5.82. The van der Waals surface area contributed by atoms with E-state index < -0.39 is 0 Å². The summed E-state index contributed by atoms with van der Waals surface area (Å²) in [6.07, 6.45) is 3.20. The Labute approximate surface area is 126 Å². The van der Waals surface area contributed by atoms with Crippen LogP contribution in [0.5, 0.6) is 11.5 Å². The van der Waals surface area contributed by atoms with E-state index in [0.29, 0.717) is 0 Å². The number of rotatable bonds is 8. The molecule has 2 aromatic carbocycles. The van der Waals surface area contributed by atoms with Gasteiger partial charge in [0.15, 0.2) is 0 Å². The van der Waals surface area contributed by atoms with E-state index in [1.165, 1.54) is 0 Å². The van der Waals surface area contributed by atoms with Gasteiger partial charge in [-0.3, -0.25) is 0 Å². The fourth-order valence-corrected chi connectivity index (χ4v) is 2.23. The Hall–Kier alpha value is -2.00. The molecule has 0 saturated heterocycles. The average Bonchev–Trinajstić information content (AvgIpc) is 2.55. The van der Waals surface area contributed by atoms with Crippen LogP contribution in [0.4, 0.5) is 0 Å². The Kier molecular flexibility index (Phi) is 6.10. The van der Waals surface area contributed by atoms with Gasteiger partial charge in [-0.15, -0.1) is 0 Å². The molecule has 2 aromatic rings. The fraction of sp³-hybridized carbons (Fsp3) is 0.333. The van der Waals surface area contributed by atoms with Gasteiger partial charge in [0.05, 0.1) is 13.7 Å². The van der Waals surface area contributed by atoms with Crippen LogP contribution in [0.1, 0.15) is 19.3 Å². The monoisotopic (exact) mass is 285 g/mol. The Balaban J connectivity index is 2.07. The lowest BCUT2D eigenvalue weighted by molar-refractivity contribution is 0.305. The predicted octanol–water partition coefficient (Wildman–Crippen LogP) is 3.87. The number of ether oxygens (including phenoxy) is 2. The van der Waals surface area contributed by atoms with E-state index in [1.54, 1.807) is 7.11 Å². The summed E-state index contributed by atoms with van der Waals surface area (Å²) in [5.74, 6) is 1.74. The second-order valence-corrected chi connectivity index (χ2v) is 4.93. The highest BCUT2D eigenvalue weighted by atomic mass is 16.5. The summed E-state index contributed by atoms with van der Waals surface area (Å²) in [7, 11) is 1.69. The quantitative estimate of drug-likeness (QED) is 0.749. The molecule has 0 atom stereocenters. The molecule has 0 aromatic heterocycles. The molecule has 0 aliphatic carbocycles. The van der Waals surface area contributed by atoms with Crippen LogP contribution in [0.15, 0.2) is 48.5 Å². The summed E-state index contributed by atoms with van der Waals surface area (Å²) < 4.78 is 11.3. The first kappa shape index (κ1) is 15.4. The lowest BCUT2D eigenvalue weighted by Gasteiger charge is -2.12. The molecule has 0 unspecified atom stereocenters. The van der Waals surface area contributed by atoms with Crippen molar-refractivity contribution in [3.05, 3.63) is 48.5 Å². The third kappa shape index (κ3) is 4.50. The summed E-state index contributed by atoms with van der Waals surface area (Å²) in [4.78, 5) is 0. The highest BCUT2D eigenvalue weighted by Crippen LogP contribution is 2.33. The minimum Gasteiger partial charge on any atom is -0.496 e. The summed E-state index contributed by atoms with van der Waals surface area (Å²) in [5.41, 5.74) is 7.66. The zero-order chi connectivity index (χ0) is 14.9. The van der Waals surface area contributed by atoms with Crippen LogP contribution in [-0.4, -0.2) is 20.3 Å². The smallest absolute Gasteiger partial charge is 0.126 e. The second-order valence-electron chi connectivity index (χ2n) is 4.93. The molecular formula is C18H23NO2. The molecule has 2 rings (SSSR count). The van der Waals surface area contributed by atoms with Gasteiger partial charge in [0.25, 0.3) is 0 Å². The number of unbranched alkanes of at least 4 members (excludes halogenated alkanes) is 2. The SMILES string of the molecule is COc1ccc(OCCCCCN)cc1-c1ccccc1. The van der Waals surface area contributed by atoms with Crippen molar-refractivity contribution in [2.75, 3.05) is 20.3 Å². The zero-order valence-electron chi connectivity index (χ0n) is 12.5. The highest BCUT2D eigenvalue weighted by molar-refractivity contribution is 5.71. The molecule has 21 heavy (non-hydrogen) atoms. The second kappa shape index (κ2) is 8.32. The van der Waals surface area contributed by atoms with Gasteiger partial charge < -0.3 is 15.2 Å². The largest absolute Gasteiger partial charge is 0.496 e. The topological polar surface area (TPSA) is 44.5 Å². The standard InChI is InChI=1S/C18H23NO2/c1-20-18-11-10-16(21-13-7-3-6-12-19)14-17(18)15-8-4-2-5-9-15/h2,4-5,8-11,14H,3,6-7,12-13,19H2,1H3. The molecule has 0 aliphatic rings. The van der Waals surface area contributed by atoms with Crippen molar-refractivity contribution in [1.29, 1.82) is 0 Å². The van der Waals surface area contributed by atoms with E-state index in [-0.39, 0.29) is 0 Å². The van der Waals surface area contributed by atoms with Crippen molar-refractivity contribution in [3.63, 3.8) is 0 Å². The molecule has 0 bridgehead atoms. The average molecular weight is 285 g/mol. The number of methoxy groups -OCH3 is 1. The van der Waals surface area contributed by atoms with E-state index in [2.05, 4.69) is 12.1 Å². The molecule has 3 heteroatoms. The molecule has 0 heterocycles. The molecule has 0 saturated carbocycles. The number of hydrogen-bond donors (Lipinski definition) is 1. The van der Waals surface area contributed by atoms with Crippen molar-refractivity contribution in [3.8, 4) is 22.6 Å². The Morgan fingerprint density at radius 1 is 0.952 bits per heavy atom. The zero-order valence-corrected chi connectivity index (χ0v) is 12.5. The van der Waals surface area contributed by atoms with Crippen molar-refractivity contribution in [1.82, 2.24) is 0 Å². The molecule has 112 valence electrons. The molecule has 2 N–H and O–H groups in total. The van der Waals surface area contributed by atoms with Crippen LogP contribution in [0.2, 0.25) is 0 Å². The van der Waals surface area contributed by atoms with Crippen molar-refractivity contribution in [2.24, 2.45) is 5.73 Å². The molecule has 3 nitrogen and oxygen atoms in total. The Morgan fingerprint density at radius 2 is 1.76 bits per heavy atom. The minimum atomic E-state index is 0.723. The third-order valence-electron chi connectivity index (χ3n) is 3.37. The summed E-state index contributed by atoms with van der Waals surface area (Å²) in [6.45, 7) is 1.47. The number of hydrogen-bond acceptors (Lipinski definition) is 3. The summed E-state index contributed by atoms with van der Waals surface area (Å²) >= 11 is 0. The van der Waals surface area contributed by atoms with Crippen LogP contribution in [0.25, 0.3) is 11.1 Å². The van der Waals surface area contributed by atoms with Gasteiger partial charge in [-0.1, -0.05) is 30.3 Å².